The van der Waals surface area contributed by atoms with E-state index in [1.165, 1.54) is 11.8 Å². The van der Waals surface area contributed by atoms with E-state index in [-0.39, 0.29) is 0 Å². The van der Waals surface area contributed by atoms with Crippen molar-refractivity contribution in [2.75, 3.05) is 12.4 Å². The highest BCUT2D eigenvalue weighted by atomic mass is 32.2. The maximum absolute atomic E-state index is 5.54. The van der Waals surface area contributed by atoms with Crippen LogP contribution >= 0.6 is 11.8 Å². The van der Waals surface area contributed by atoms with Crippen molar-refractivity contribution in [3.05, 3.63) is 23.3 Å². The summed E-state index contributed by atoms with van der Waals surface area (Å²) in [5.74, 6) is 2.46. The topological polar surface area (TPSA) is 63.8 Å². The van der Waals surface area contributed by atoms with Crippen molar-refractivity contribution in [1.29, 1.82) is 0 Å². The molecule has 2 aromatic rings. The van der Waals surface area contributed by atoms with E-state index in [2.05, 4.69) is 20.3 Å². The lowest BCUT2D eigenvalue weighted by molar-refractivity contribution is 0.431. The Labute approximate surface area is 110 Å². The molecule has 0 unspecified atom stereocenters. The first-order chi connectivity index (χ1) is 8.62. The van der Waals surface area contributed by atoms with E-state index < -0.39 is 0 Å². The molecule has 0 radical (unpaired) electrons. The third kappa shape index (κ3) is 2.81. The predicted octanol–water partition coefficient (Wildman–Crippen LogP) is 2.84. The molecule has 0 aliphatic carbocycles. The van der Waals surface area contributed by atoms with Crippen LogP contribution in [0, 0.1) is 13.8 Å². The molecule has 0 bridgehead atoms. The number of hydrogen-bond acceptors (Lipinski definition) is 6. The Kier molecular flexibility index (Phi) is 3.86. The number of aryl methyl sites for hydroxylation is 3. The monoisotopic (exact) mass is 264 g/mol. The maximum atomic E-state index is 5.54. The lowest BCUT2D eigenvalue weighted by atomic mass is 10.4. The molecule has 1 N–H and O–H groups in total. The average molecular weight is 264 g/mol. The van der Waals surface area contributed by atoms with Gasteiger partial charge in [-0.05, 0) is 25.6 Å². The Hall–Kier alpha value is -1.56. The van der Waals surface area contributed by atoms with Gasteiger partial charge in [-0.3, -0.25) is 0 Å². The van der Waals surface area contributed by atoms with Gasteiger partial charge in [0.1, 0.15) is 22.4 Å². The summed E-state index contributed by atoms with van der Waals surface area (Å²) < 4.78 is 5.54. The van der Waals surface area contributed by atoms with Crippen molar-refractivity contribution in [1.82, 2.24) is 15.0 Å². The molecule has 0 amide bonds. The van der Waals surface area contributed by atoms with Gasteiger partial charge in [-0.2, -0.15) is 0 Å². The van der Waals surface area contributed by atoms with E-state index >= 15 is 0 Å². The number of oxazole rings is 1. The summed E-state index contributed by atoms with van der Waals surface area (Å²) in [5.41, 5.74) is 0.913. The Morgan fingerprint density at radius 1 is 1.28 bits per heavy atom. The first-order valence-corrected chi connectivity index (χ1v) is 6.61. The molecule has 96 valence electrons. The van der Waals surface area contributed by atoms with Crippen LogP contribution in [-0.2, 0) is 6.42 Å². The Balaban J connectivity index is 2.27. The van der Waals surface area contributed by atoms with Gasteiger partial charge in [0, 0.05) is 19.5 Å². The van der Waals surface area contributed by atoms with Gasteiger partial charge in [-0.1, -0.05) is 6.92 Å². The minimum atomic E-state index is 0.618. The zero-order chi connectivity index (χ0) is 13.1. The van der Waals surface area contributed by atoms with Crippen LogP contribution in [0.5, 0.6) is 0 Å². The van der Waals surface area contributed by atoms with E-state index in [1.54, 1.807) is 0 Å². The van der Waals surface area contributed by atoms with Crippen LogP contribution in [0.4, 0.5) is 5.82 Å². The molecule has 2 aromatic heterocycles. The molecule has 6 heteroatoms. The molecule has 0 aromatic carbocycles. The molecule has 2 rings (SSSR count). The summed E-state index contributed by atoms with van der Waals surface area (Å²) in [6.07, 6.45) is 0.798. The molecule has 0 saturated carbocycles. The van der Waals surface area contributed by atoms with Crippen LogP contribution in [0.25, 0.3) is 0 Å². The molecule has 18 heavy (non-hydrogen) atoms. The molecule has 0 aliphatic rings. The number of anilines is 1. The van der Waals surface area contributed by atoms with Crippen molar-refractivity contribution < 1.29 is 4.42 Å². The van der Waals surface area contributed by atoms with E-state index in [9.17, 15) is 0 Å². The van der Waals surface area contributed by atoms with Gasteiger partial charge >= 0.3 is 0 Å². The summed E-state index contributed by atoms with van der Waals surface area (Å²) in [7, 11) is 1.84. The second kappa shape index (κ2) is 5.39. The third-order valence-corrected chi connectivity index (χ3v) is 3.29. The summed E-state index contributed by atoms with van der Waals surface area (Å²) in [6.45, 7) is 5.87. The van der Waals surface area contributed by atoms with Crippen molar-refractivity contribution in [2.24, 2.45) is 0 Å². The Morgan fingerprint density at radius 3 is 2.61 bits per heavy atom. The van der Waals surface area contributed by atoms with Crippen molar-refractivity contribution in [3.63, 3.8) is 0 Å². The van der Waals surface area contributed by atoms with Crippen molar-refractivity contribution in [3.8, 4) is 0 Å². The zero-order valence-electron chi connectivity index (χ0n) is 10.9. The highest BCUT2D eigenvalue weighted by Gasteiger charge is 2.10. The summed E-state index contributed by atoms with van der Waals surface area (Å²) in [5, 5.41) is 4.49. The number of nitrogens with zero attached hydrogens (tertiary/aromatic N) is 3. The van der Waals surface area contributed by atoms with Gasteiger partial charge in [-0.25, -0.2) is 15.0 Å². The Morgan fingerprint density at radius 2 is 2.06 bits per heavy atom. The van der Waals surface area contributed by atoms with E-state index in [0.29, 0.717) is 5.22 Å². The first kappa shape index (κ1) is 12.9. The van der Waals surface area contributed by atoms with Crippen LogP contribution in [0.1, 0.15) is 24.2 Å². The van der Waals surface area contributed by atoms with Crippen molar-refractivity contribution in [2.45, 2.75) is 37.4 Å². The van der Waals surface area contributed by atoms with Crippen LogP contribution < -0.4 is 5.32 Å². The van der Waals surface area contributed by atoms with E-state index in [4.69, 9.17) is 4.42 Å². The molecule has 0 atom stereocenters. The van der Waals surface area contributed by atoms with Crippen LogP contribution in [-0.4, -0.2) is 22.0 Å². The smallest absolute Gasteiger partial charge is 0.262 e. The average Bonchev–Trinajstić information content (AvgIpc) is 2.67. The quantitative estimate of drug-likeness (QED) is 0.857. The second-order valence-electron chi connectivity index (χ2n) is 3.83. The molecule has 2 heterocycles. The van der Waals surface area contributed by atoms with Gasteiger partial charge in [-0.15, -0.1) is 0 Å². The highest BCUT2D eigenvalue weighted by molar-refractivity contribution is 7.99. The normalized spacial score (nSPS) is 10.7. The standard InChI is InChI=1S/C12H16N4OS/c1-5-9-15-10(13-4)6-11(16-9)18-12-14-7(2)8(3)17-12/h6H,5H2,1-4H3,(H,13,15,16). The van der Waals surface area contributed by atoms with Crippen LogP contribution in [0.15, 0.2) is 20.7 Å². The van der Waals surface area contributed by atoms with E-state index in [0.717, 1.165) is 34.5 Å². The molecule has 0 aliphatic heterocycles. The fourth-order valence-electron chi connectivity index (χ4n) is 1.39. The summed E-state index contributed by atoms with van der Waals surface area (Å²) in [4.78, 5) is 13.1. The predicted molar refractivity (Wildman–Crippen MR) is 71.1 cm³/mol. The van der Waals surface area contributed by atoms with Gasteiger partial charge < -0.3 is 9.73 Å². The van der Waals surface area contributed by atoms with Gasteiger partial charge in [0.15, 0.2) is 0 Å². The highest BCUT2D eigenvalue weighted by Crippen LogP contribution is 2.28. The minimum absolute atomic E-state index is 0.618. The largest absolute Gasteiger partial charge is 0.436 e. The summed E-state index contributed by atoms with van der Waals surface area (Å²) >= 11 is 1.41. The maximum Gasteiger partial charge on any atom is 0.262 e. The lowest BCUT2D eigenvalue weighted by Gasteiger charge is -2.04. The molecule has 0 saturated heterocycles. The van der Waals surface area contributed by atoms with Crippen LogP contribution in [0.2, 0.25) is 0 Å². The van der Waals surface area contributed by atoms with Gasteiger partial charge in [0.25, 0.3) is 5.22 Å². The summed E-state index contributed by atoms with van der Waals surface area (Å²) in [6, 6.07) is 1.89. The Bertz CT molecular complexity index is 511. The SMILES string of the molecule is CCc1nc(NC)cc(Sc2nc(C)c(C)o2)n1. The second-order valence-corrected chi connectivity index (χ2v) is 4.81. The fraction of sp³-hybridized carbons (Fsp3) is 0.417. The fourth-order valence-corrected chi connectivity index (χ4v) is 2.24. The molecular formula is C12H16N4OS. The molecule has 0 spiro atoms. The van der Waals surface area contributed by atoms with Gasteiger partial charge in [0.2, 0.25) is 0 Å². The number of aromatic nitrogens is 3. The third-order valence-electron chi connectivity index (χ3n) is 2.52. The van der Waals surface area contributed by atoms with Gasteiger partial charge in [0.05, 0.1) is 5.69 Å². The van der Waals surface area contributed by atoms with Crippen LogP contribution in [0.3, 0.4) is 0 Å². The minimum Gasteiger partial charge on any atom is -0.436 e. The number of hydrogen-bond donors (Lipinski definition) is 1. The molecular weight excluding hydrogens is 248 g/mol. The number of nitrogens with one attached hydrogen (secondary N) is 1. The molecule has 0 fully saturated rings. The molecule has 5 nitrogen and oxygen atoms in total. The van der Waals surface area contributed by atoms with E-state index in [1.807, 2.05) is 33.9 Å². The lowest BCUT2D eigenvalue weighted by Crippen LogP contribution is -2.00. The zero-order valence-corrected chi connectivity index (χ0v) is 11.8. The first-order valence-electron chi connectivity index (χ1n) is 5.80. The van der Waals surface area contributed by atoms with Crippen molar-refractivity contribution >= 4 is 17.6 Å². The number of rotatable bonds is 4.